The lowest BCUT2D eigenvalue weighted by atomic mass is 9.92. The summed E-state index contributed by atoms with van der Waals surface area (Å²) < 4.78 is 144. The Labute approximate surface area is 250 Å². The molecule has 0 N–H and O–H groups in total. The van der Waals surface area contributed by atoms with Crippen LogP contribution in [0.4, 0.5) is 39.5 Å². The summed E-state index contributed by atoms with van der Waals surface area (Å²) in [4.78, 5) is 12.8. The summed E-state index contributed by atoms with van der Waals surface area (Å²) in [7, 11) is -4.28. The summed E-state index contributed by atoms with van der Waals surface area (Å²) >= 11 is 17.4. The maximum Gasteiger partial charge on any atom is 0.417 e. The van der Waals surface area contributed by atoms with Crippen LogP contribution in [0.15, 0.2) is 36.4 Å². The third kappa shape index (κ3) is 10.6. The predicted octanol–water partition coefficient (Wildman–Crippen LogP) is 9.99. The predicted molar refractivity (Wildman–Crippen MR) is 143 cm³/mol. The molecule has 3 nitrogen and oxygen atoms in total. The molecule has 2 aromatic carbocycles. The molecular formula is C26H22Cl3F9O3S. The minimum atomic E-state index is -5.13. The van der Waals surface area contributed by atoms with E-state index < -0.39 is 87.0 Å². The van der Waals surface area contributed by atoms with E-state index in [1.54, 1.807) is 0 Å². The molecule has 234 valence electrons. The first-order chi connectivity index (χ1) is 19.0. The Kier molecular flexibility index (Phi) is 11.9. The molecule has 1 unspecified atom stereocenters. The quantitative estimate of drug-likeness (QED) is 0.134. The summed E-state index contributed by atoms with van der Waals surface area (Å²) in [6, 6.07) is 3.99. The van der Waals surface area contributed by atoms with Gasteiger partial charge >= 0.3 is 18.5 Å². The maximum atomic E-state index is 13.9. The number of sulfone groups is 1. The molecule has 2 atom stereocenters. The van der Waals surface area contributed by atoms with Crippen molar-refractivity contribution in [2.24, 2.45) is 5.92 Å². The van der Waals surface area contributed by atoms with Crippen LogP contribution in [-0.4, -0.2) is 38.1 Å². The van der Waals surface area contributed by atoms with Gasteiger partial charge < -0.3 is 0 Å². The van der Waals surface area contributed by atoms with E-state index >= 15 is 0 Å². The van der Waals surface area contributed by atoms with Gasteiger partial charge in [0.2, 0.25) is 0 Å². The zero-order valence-electron chi connectivity index (χ0n) is 21.4. The fourth-order valence-electron chi connectivity index (χ4n) is 3.92. The van der Waals surface area contributed by atoms with Crippen LogP contribution in [0.2, 0.25) is 15.1 Å². The van der Waals surface area contributed by atoms with Crippen molar-refractivity contribution in [1.29, 1.82) is 0 Å². The highest BCUT2D eigenvalue weighted by atomic mass is 35.5. The number of benzene rings is 2. The molecule has 0 radical (unpaired) electrons. The van der Waals surface area contributed by atoms with Crippen molar-refractivity contribution < 1.29 is 52.7 Å². The number of carbonyl (C=O) groups excluding carboxylic acids is 1. The van der Waals surface area contributed by atoms with Gasteiger partial charge in [0.25, 0.3) is 0 Å². The molecule has 0 aliphatic heterocycles. The van der Waals surface area contributed by atoms with Crippen LogP contribution in [0.5, 0.6) is 0 Å². The molecule has 42 heavy (non-hydrogen) atoms. The first-order valence-electron chi connectivity index (χ1n) is 11.9. The Morgan fingerprint density at radius 1 is 0.929 bits per heavy atom. The van der Waals surface area contributed by atoms with Gasteiger partial charge in [0, 0.05) is 12.0 Å². The molecule has 0 saturated heterocycles. The molecule has 0 aliphatic rings. The van der Waals surface area contributed by atoms with Crippen molar-refractivity contribution in [3.05, 3.63) is 73.7 Å². The normalized spacial score (nSPS) is 14.8. The van der Waals surface area contributed by atoms with Crippen molar-refractivity contribution in [3.63, 3.8) is 0 Å². The standard InChI is InChI=1S/C26H22Cl3F9O3S/c1-2-14(13-42(40,41)8-7-24(30,31)32)10-22(39)17-5-3-15(9-19(17)26(36,37)38)4-6-18(25(33,34)35)16-11-20(27)23(29)21(28)12-16/h3-6,9,11-12,14,18H,2,7-8,10,13H2,1H3/b6-4+/t14-,18?/m0/s1. The summed E-state index contributed by atoms with van der Waals surface area (Å²) in [5, 5.41) is -0.739. The van der Waals surface area contributed by atoms with Crippen molar-refractivity contribution in [3.8, 4) is 0 Å². The van der Waals surface area contributed by atoms with E-state index in [9.17, 15) is 52.7 Å². The first kappa shape index (κ1) is 36.2. The molecule has 0 heterocycles. The van der Waals surface area contributed by atoms with E-state index in [-0.39, 0.29) is 27.1 Å². The summed E-state index contributed by atoms with van der Waals surface area (Å²) in [5.41, 5.74) is -3.13. The third-order valence-electron chi connectivity index (χ3n) is 6.09. The van der Waals surface area contributed by atoms with E-state index in [0.29, 0.717) is 12.1 Å². The molecule has 16 heteroatoms. The Balaban J connectivity index is 2.38. The van der Waals surface area contributed by atoms with E-state index in [4.69, 9.17) is 34.8 Å². The molecule has 0 amide bonds. The van der Waals surface area contributed by atoms with Crippen LogP contribution in [0.1, 0.15) is 59.2 Å². The molecule has 2 rings (SSSR count). The lowest BCUT2D eigenvalue weighted by Gasteiger charge is -2.19. The zero-order valence-corrected chi connectivity index (χ0v) is 24.5. The average molecular weight is 692 g/mol. The van der Waals surface area contributed by atoms with E-state index in [2.05, 4.69) is 0 Å². The van der Waals surface area contributed by atoms with Gasteiger partial charge in [0.15, 0.2) is 15.6 Å². The Bertz CT molecular complexity index is 1390. The molecule has 0 fully saturated rings. The number of carbonyl (C=O) groups is 1. The Morgan fingerprint density at radius 3 is 1.98 bits per heavy atom. The van der Waals surface area contributed by atoms with Crippen LogP contribution in [-0.2, 0) is 16.0 Å². The van der Waals surface area contributed by atoms with Crippen LogP contribution < -0.4 is 0 Å². The number of Topliss-reactive ketones (excluding diaryl/α,β-unsaturated/α-hetero) is 1. The van der Waals surface area contributed by atoms with Gasteiger partial charge in [-0.05, 0) is 35.2 Å². The van der Waals surface area contributed by atoms with Gasteiger partial charge in [-0.3, -0.25) is 4.79 Å². The number of alkyl halides is 9. The largest absolute Gasteiger partial charge is 0.417 e. The van der Waals surface area contributed by atoms with Gasteiger partial charge in [0.1, 0.15) is 0 Å². The Morgan fingerprint density at radius 2 is 1.50 bits per heavy atom. The highest BCUT2D eigenvalue weighted by Gasteiger charge is 2.40. The molecule has 0 bridgehead atoms. The van der Waals surface area contributed by atoms with Gasteiger partial charge in [-0.1, -0.05) is 72.4 Å². The van der Waals surface area contributed by atoms with Crippen molar-refractivity contribution in [2.45, 2.75) is 50.6 Å². The van der Waals surface area contributed by atoms with Crippen molar-refractivity contribution >= 4 is 56.5 Å². The SMILES string of the molecule is CC[C@@H](CC(=O)c1ccc(/C=C/C(c2cc(Cl)c(Cl)c(Cl)c2)C(F)(F)F)cc1C(F)(F)F)CS(=O)(=O)CCC(F)(F)F. The fraction of sp³-hybridized carbons (Fsp3) is 0.423. The van der Waals surface area contributed by atoms with Gasteiger partial charge in [-0.25, -0.2) is 8.42 Å². The second-order valence-corrected chi connectivity index (χ2v) is 12.8. The summed E-state index contributed by atoms with van der Waals surface area (Å²) in [6.45, 7) is 1.42. The van der Waals surface area contributed by atoms with Crippen LogP contribution >= 0.6 is 34.8 Å². The van der Waals surface area contributed by atoms with Gasteiger partial charge in [0.05, 0.1) is 44.5 Å². The smallest absolute Gasteiger partial charge is 0.294 e. The highest BCUT2D eigenvalue weighted by molar-refractivity contribution is 7.91. The second-order valence-electron chi connectivity index (χ2n) is 9.36. The summed E-state index contributed by atoms with van der Waals surface area (Å²) in [5.74, 6) is -6.62. The molecular weight excluding hydrogens is 670 g/mol. The first-order valence-corrected chi connectivity index (χ1v) is 14.9. The number of hydrogen-bond donors (Lipinski definition) is 0. The lowest BCUT2D eigenvalue weighted by molar-refractivity contribution is -0.139. The zero-order chi connectivity index (χ0) is 32.3. The van der Waals surface area contributed by atoms with Gasteiger partial charge in [-0.2, -0.15) is 39.5 Å². The minimum absolute atomic E-state index is 0.0310. The highest BCUT2D eigenvalue weighted by Crippen LogP contribution is 2.41. The van der Waals surface area contributed by atoms with Crippen molar-refractivity contribution in [2.75, 3.05) is 11.5 Å². The fourth-order valence-corrected chi connectivity index (χ4v) is 6.32. The summed E-state index contributed by atoms with van der Waals surface area (Å²) in [6.07, 6.45) is -15.8. The Hall–Kier alpha value is -1.96. The molecule has 2 aromatic rings. The van der Waals surface area contributed by atoms with Crippen LogP contribution in [0.3, 0.4) is 0 Å². The second kappa shape index (κ2) is 13.8. The number of ketones is 1. The molecule has 0 aromatic heterocycles. The van der Waals surface area contributed by atoms with Gasteiger partial charge in [-0.15, -0.1) is 0 Å². The number of allylic oxidation sites excluding steroid dienone is 1. The lowest BCUT2D eigenvalue weighted by Crippen LogP contribution is -2.24. The topological polar surface area (TPSA) is 51.2 Å². The minimum Gasteiger partial charge on any atom is -0.294 e. The number of hydrogen-bond acceptors (Lipinski definition) is 3. The van der Waals surface area contributed by atoms with E-state index in [0.717, 1.165) is 30.3 Å². The van der Waals surface area contributed by atoms with Crippen LogP contribution in [0, 0.1) is 5.92 Å². The maximum absolute atomic E-state index is 13.9. The van der Waals surface area contributed by atoms with Crippen LogP contribution in [0.25, 0.3) is 6.08 Å². The monoisotopic (exact) mass is 690 g/mol. The molecule has 0 spiro atoms. The van der Waals surface area contributed by atoms with E-state index in [1.807, 2.05) is 0 Å². The molecule has 0 saturated carbocycles. The average Bonchev–Trinajstić information content (AvgIpc) is 2.83. The third-order valence-corrected chi connectivity index (χ3v) is 9.09. The molecule has 0 aliphatic carbocycles. The number of rotatable bonds is 11. The number of halogens is 12. The van der Waals surface area contributed by atoms with Crippen molar-refractivity contribution in [1.82, 2.24) is 0 Å². The van der Waals surface area contributed by atoms with E-state index in [1.165, 1.54) is 6.92 Å².